The van der Waals surface area contributed by atoms with Crippen molar-refractivity contribution in [3.05, 3.63) is 73.0 Å². The normalized spacial score (nSPS) is 14.1. The number of carbonyl (C=O) groups is 1. The maximum Gasteiger partial charge on any atom is 0.238 e. The number of anilines is 1. The molecule has 4 rings (SSSR count). The van der Waals surface area contributed by atoms with E-state index >= 15 is 0 Å². The SMILES string of the molecule is Cc1ccc(NC(=O)CN2CCc3[nH]c4c(C)c(Cl)ccc4c(=O)c3C2)cc1Cl. The number of nitrogens with one attached hydrogen (secondary N) is 2. The predicted octanol–water partition coefficient (Wildman–Crippen LogP) is 4.45. The summed E-state index contributed by atoms with van der Waals surface area (Å²) in [4.78, 5) is 30.9. The highest BCUT2D eigenvalue weighted by Gasteiger charge is 2.23. The van der Waals surface area contributed by atoms with E-state index < -0.39 is 0 Å². The van der Waals surface area contributed by atoms with Gasteiger partial charge in [0.2, 0.25) is 5.91 Å². The lowest BCUT2D eigenvalue weighted by molar-refractivity contribution is -0.117. The van der Waals surface area contributed by atoms with Crippen molar-refractivity contribution < 1.29 is 4.79 Å². The first kappa shape index (κ1) is 20.0. The lowest BCUT2D eigenvalue weighted by Gasteiger charge is -2.28. The van der Waals surface area contributed by atoms with Crippen LogP contribution in [0.25, 0.3) is 10.9 Å². The van der Waals surface area contributed by atoms with Crippen molar-refractivity contribution in [2.45, 2.75) is 26.8 Å². The van der Waals surface area contributed by atoms with Gasteiger partial charge in [-0.3, -0.25) is 14.5 Å². The van der Waals surface area contributed by atoms with Crippen LogP contribution in [0.4, 0.5) is 5.69 Å². The fourth-order valence-corrected chi connectivity index (χ4v) is 4.06. The third kappa shape index (κ3) is 3.90. The summed E-state index contributed by atoms with van der Waals surface area (Å²) in [6.45, 7) is 5.15. The summed E-state index contributed by atoms with van der Waals surface area (Å²) >= 11 is 12.3. The lowest BCUT2D eigenvalue weighted by atomic mass is 10.0. The Morgan fingerprint density at radius 1 is 1.17 bits per heavy atom. The van der Waals surface area contributed by atoms with Gasteiger partial charge in [-0.05, 0) is 49.2 Å². The van der Waals surface area contributed by atoms with Crippen LogP contribution in [0, 0.1) is 13.8 Å². The van der Waals surface area contributed by atoms with Crippen molar-refractivity contribution in [2.75, 3.05) is 18.4 Å². The number of nitrogens with zero attached hydrogens (tertiary/aromatic N) is 1. The van der Waals surface area contributed by atoms with Crippen LogP contribution in [0.5, 0.6) is 0 Å². The molecule has 2 heterocycles. The lowest BCUT2D eigenvalue weighted by Crippen LogP contribution is -2.39. The maximum atomic E-state index is 13.0. The van der Waals surface area contributed by atoms with E-state index in [0.29, 0.717) is 40.6 Å². The summed E-state index contributed by atoms with van der Waals surface area (Å²) in [5.41, 5.74) is 4.95. The van der Waals surface area contributed by atoms with Crippen LogP contribution in [-0.4, -0.2) is 28.9 Å². The summed E-state index contributed by atoms with van der Waals surface area (Å²) in [5, 5.41) is 4.76. The molecule has 1 aromatic heterocycles. The van der Waals surface area contributed by atoms with E-state index in [9.17, 15) is 9.59 Å². The highest BCUT2D eigenvalue weighted by atomic mass is 35.5. The van der Waals surface area contributed by atoms with Crippen molar-refractivity contribution in [3.8, 4) is 0 Å². The van der Waals surface area contributed by atoms with Gasteiger partial charge in [-0.15, -0.1) is 0 Å². The van der Waals surface area contributed by atoms with Crippen molar-refractivity contribution in [1.82, 2.24) is 9.88 Å². The molecule has 0 radical (unpaired) electrons. The zero-order valence-corrected chi connectivity index (χ0v) is 17.7. The van der Waals surface area contributed by atoms with Crippen LogP contribution < -0.4 is 10.7 Å². The van der Waals surface area contributed by atoms with E-state index in [1.165, 1.54) is 0 Å². The zero-order valence-electron chi connectivity index (χ0n) is 16.2. The minimum absolute atomic E-state index is 0.00365. The molecule has 150 valence electrons. The number of aryl methyl sites for hydroxylation is 2. The fourth-order valence-electron chi connectivity index (χ4n) is 3.72. The molecule has 0 saturated carbocycles. The Balaban J connectivity index is 1.53. The summed E-state index contributed by atoms with van der Waals surface area (Å²) in [6.07, 6.45) is 0.677. The number of H-pyrrole nitrogens is 1. The fraction of sp³-hybridized carbons (Fsp3) is 0.273. The number of hydrogen-bond donors (Lipinski definition) is 2. The van der Waals surface area contributed by atoms with Gasteiger partial charge in [-0.1, -0.05) is 29.3 Å². The molecule has 1 amide bonds. The largest absolute Gasteiger partial charge is 0.358 e. The number of fused-ring (bicyclic) bond motifs is 2. The molecule has 0 unspecified atom stereocenters. The topological polar surface area (TPSA) is 65.2 Å². The molecule has 1 aliphatic heterocycles. The van der Waals surface area contributed by atoms with E-state index in [0.717, 1.165) is 27.9 Å². The Labute approximate surface area is 178 Å². The van der Waals surface area contributed by atoms with Crippen molar-refractivity contribution in [1.29, 1.82) is 0 Å². The van der Waals surface area contributed by atoms with Gasteiger partial charge in [0, 0.05) is 51.9 Å². The molecule has 0 bridgehead atoms. The van der Waals surface area contributed by atoms with Crippen LogP contribution in [0.1, 0.15) is 22.4 Å². The summed E-state index contributed by atoms with van der Waals surface area (Å²) in [5.74, 6) is -0.131. The van der Waals surface area contributed by atoms with Gasteiger partial charge < -0.3 is 10.3 Å². The highest BCUT2D eigenvalue weighted by molar-refractivity contribution is 6.32. The molecule has 0 aliphatic carbocycles. The van der Waals surface area contributed by atoms with Crippen molar-refractivity contribution >= 4 is 45.7 Å². The zero-order chi connectivity index (χ0) is 20.7. The number of rotatable bonds is 3. The van der Waals surface area contributed by atoms with Crippen LogP contribution in [0.2, 0.25) is 10.0 Å². The monoisotopic (exact) mass is 429 g/mol. The number of aromatic nitrogens is 1. The Hall–Kier alpha value is -2.34. The quantitative estimate of drug-likeness (QED) is 0.646. The number of benzene rings is 2. The number of carbonyl (C=O) groups excluding carboxylic acids is 1. The third-order valence-corrected chi connectivity index (χ3v) is 6.26. The smallest absolute Gasteiger partial charge is 0.238 e. The second-order valence-corrected chi connectivity index (χ2v) is 8.29. The molecule has 2 N–H and O–H groups in total. The minimum Gasteiger partial charge on any atom is -0.358 e. The average Bonchev–Trinajstić information content (AvgIpc) is 2.68. The van der Waals surface area contributed by atoms with E-state index in [1.54, 1.807) is 18.2 Å². The van der Waals surface area contributed by atoms with Crippen LogP contribution in [0.15, 0.2) is 35.1 Å². The van der Waals surface area contributed by atoms with Gasteiger partial charge in [0.15, 0.2) is 5.43 Å². The van der Waals surface area contributed by atoms with Gasteiger partial charge in [0.1, 0.15) is 0 Å². The number of aromatic amines is 1. The van der Waals surface area contributed by atoms with Crippen LogP contribution in [0.3, 0.4) is 0 Å². The number of pyridine rings is 1. The molecular weight excluding hydrogens is 409 g/mol. The number of hydrogen-bond acceptors (Lipinski definition) is 3. The molecule has 1 aliphatic rings. The Kier molecular flexibility index (Phi) is 5.38. The van der Waals surface area contributed by atoms with E-state index in [2.05, 4.69) is 10.3 Å². The Bertz CT molecular complexity index is 1190. The number of amides is 1. The summed E-state index contributed by atoms with van der Waals surface area (Å²) < 4.78 is 0. The van der Waals surface area contributed by atoms with E-state index in [4.69, 9.17) is 23.2 Å². The number of halogens is 2. The average molecular weight is 430 g/mol. The van der Waals surface area contributed by atoms with Crippen LogP contribution in [-0.2, 0) is 17.8 Å². The minimum atomic E-state index is -0.131. The first-order valence-corrected chi connectivity index (χ1v) is 10.2. The molecular formula is C22H21Cl2N3O2. The molecule has 5 nitrogen and oxygen atoms in total. The second-order valence-electron chi connectivity index (χ2n) is 7.48. The van der Waals surface area contributed by atoms with E-state index in [-0.39, 0.29) is 17.9 Å². The molecule has 0 atom stereocenters. The Morgan fingerprint density at radius 3 is 2.72 bits per heavy atom. The third-order valence-electron chi connectivity index (χ3n) is 5.44. The van der Waals surface area contributed by atoms with Gasteiger partial charge in [-0.25, -0.2) is 0 Å². The molecule has 3 aromatic rings. The second kappa shape index (κ2) is 7.82. The highest BCUT2D eigenvalue weighted by Crippen LogP contribution is 2.25. The first-order chi connectivity index (χ1) is 13.8. The molecule has 7 heteroatoms. The first-order valence-electron chi connectivity index (χ1n) is 9.44. The van der Waals surface area contributed by atoms with Gasteiger partial charge in [-0.2, -0.15) is 0 Å². The van der Waals surface area contributed by atoms with Crippen LogP contribution >= 0.6 is 23.2 Å². The molecule has 0 fully saturated rings. The van der Waals surface area contributed by atoms with Gasteiger partial charge in [0.05, 0.1) is 12.1 Å². The van der Waals surface area contributed by atoms with Crippen molar-refractivity contribution in [3.63, 3.8) is 0 Å². The Morgan fingerprint density at radius 2 is 1.97 bits per heavy atom. The molecule has 0 spiro atoms. The molecule has 0 saturated heterocycles. The summed E-state index contributed by atoms with van der Waals surface area (Å²) in [6, 6.07) is 8.95. The summed E-state index contributed by atoms with van der Waals surface area (Å²) in [7, 11) is 0. The van der Waals surface area contributed by atoms with E-state index in [1.807, 2.05) is 30.9 Å². The van der Waals surface area contributed by atoms with Crippen molar-refractivity contribution in [2.24, 2.45) is 0 Å². The standard InChI is InChI=1S/C22H21Cl2N3O2/c1-12-3-4-14(9-18(12)24)25-20(28)11-27-8-7-19-16(10-27)22(29)15-5-6-17(23)13(2)21(15)26-19/h3-6,9H,7-8,10-11H2,1-2H3,(H,25,28)(H,26,29). The predicted molar refractivity (Wildman–Crippen MR) is 118 cm³/mol. The molecule has 2 aromatic carbocycles. The van der Waals surface area contributed by atoms with Gasteiger partial charge >= 0.3 is 0 Å². The maximum absolute atomic E-state index is 13.0. The van der Waals surface area contributed by atoms with Gasteiger partial charge in [0.25, 0.3) is 0 Å². The molecule has 29 heavy (non-hydrogen) atoms.